The maximum Gasteiger partial charge on any atom is 0.303 e. The number of benzene rings is 1. The highest BCUT2D eigenvalue weighted by atomic mass is 16.7. The molecule has 1 aliphatic heterocycles. The van der Waals surface area contributed by atoms with E-state index >= 15 is 0 Å². The third kappa shape index (κ3) is 5.88. The maximum absolute atomic E-state index is 10.4. The summed E-state index contributed by atoms with van der Waals surface area (Å²) in [6.45, 7) is 0.768. The minimum absolute atomic E-state index is 0.133. The van der Waals surface area contributed by atoms with Gasteiger partial charge in [0.15, 0.2) is 6.29 Å². The molecule has 1 heterocycles. The first-order chi connectivity index (χ1) is 10.2. The second-order valence-electron chi connectivity index (χ2n) is 4.99. The molecule has 0 radical (unpaired) electrons. The van der Waals surface area contributed by atoms with E-state index in [0.717, 1.165) is 37.2 Å². The molecule has 0 aliphatic carbocycles. The summed E-state index contributed by atoms with van der Waals surface area (Å²) in [6.07, 6.45) is 4.41. The standard InChI is InChI=1S/C17H20O4/c18-16(19)7-3-1-2-6-14-9-11-15(12-10-14)21-17-8-4-5-13-20-17/h9-12,17H,1,3-5,7-8,13H2,(H,18,19). The van der Waals surface area contributed by atoms with Crippen LogP contribution in [0.25, 0.3) is 0 Å². The number of rotatable bonds is 5. The van der Waals surface area contributed by atoms with Gasteiger partial charge in [0.1, 0.15) is 5.75 Å². The molecule has 4 nitrogen and oxygen atoms in total. The summed E-state index contributed by atoms with van der Waals surface area (Å²) in [6, 6.07) is 7.59. The van der Waals surface area contributed by atoms with E-state index < -0.39 is 5.97 Å². The minimum Gasteiger partial charge on any atom is -0.481 e. The molecule has 1 atom stereocenters. The van der Waals surface area contributed by atoms with Crippen LogP contribution in [0.3, 0.4) is 0 Å². The first-order valence-electron chi connectivity index (χ1n) is 7.33. The molecule has 1 fully saturated rings. The van der Waals surface area contributed by atoms with Gasteiger partial charge in [-0.15, -0.1) is 0 Å². The van der Waals surface area contributed by atoms with Crippen LogP contribution in [0.4, 0.5) is 0 Å². The Hall–Kier alpha value is -1.99. The van der Waals surface area contributed by atoms with Crippen molar-refractivity contribution in [3.63, 3.8) is 0 Å². The maximum atomic E-state index is 10.4. The van der Waals surface area contributed by atoms with Gasteiger partial charge in [-0.3, -0.25) is 4.79 Å². The van der Waals surface area contributed by atoms with E-state index in [1.807, 2.05) is 24.3 Å². The lowest BCUT2D eigenvalue weighted by Crippen LogP contribution is -2.24. The Balaban J connectivity index is 1.78. The van der Waals surface area contributed by atoms with Gasteiger partial charge in [-0.25, -0.2) is 0 Å². The molecule has 0 amide bonds. The third-order valence-corrected chi connectivity index (χ3v) is 3.18. The van der Waals surface area contributed by atoms with Crippen LogP contribution in [-0.2, 0) is 9.53 Å². The fourth-order valence-electron chi connectivity index (χ4n) is 2.07. The number of carboxylic acids is 1. The zero-order valence-electron chi connectivity index (χ0n) is 12.0. The summed E-state index contributed by atoms with van der Waals surface area (Å²) in [4.78, 5) is 10.4. The topological polar surface area (TPSA) is 55.8 Å². The van der Waals surface area contributed by atoms with Gasteiger partial charge in [0.05, 0.1) is 6.61 Å². The SMILES string of the molecule is O=C(O)CCCC#Cc1ccc(OC2CCCCO2)cc1. The molecule has 0 aromatic heterocycles. The summed E-state index contributed by atoms with van der Waals surface area (Å²) in [5.74, 6) is 6.01. The van der Waals surface area contributed by atoms with Crippen molar-refractivity contribution in [2.45, 2.75) is 44.8 Å². The molecule has 1 aromatic rings. The van der Waals surface area contributed by atoms with Crippen molar-refractivity contribution < 1.29 is 19.4 Å². The summed E-state index contributed by atoms with van der Waals surface area (Å²) in [5, 5.41) is 8.52. The lowest BCUT2D eigenvalue weighted by Gasteiger charge is -2.23. The molecular weight excluding hydrogens is 268 g/mol. The quantitative estimate of drug-likeness (QED) is 0.668. The van der Waals surface area contributed by atoms with E-state index in [1.165, 1.54) is 0 Å². The summed E-state index contributed by atoms with van der Waals surface area (Å²) < 4.78 is 11.3. The number of unbranched alkanes of at least 4 members (excludes halogenated alkanes) is 1. The zero-order chi connectivity index (χ0) is 14.9. The molecule has 112 valence electrons. The van der Waals surface area contributed by atoms with Gasteiger partial charge >= 0.3 is 5.97 Å². The number of hydrogen-bond donors (Lipinski definition) is 1. The molecule has 1 N–H and O–H groups in total. The summed E-state index contributed by atoms with van der Waals surface area (Å²) in [5.41, 5.74) is 0.905. The number of aliphatic carboxylic acids is 1. The van der Waals surface area contributed by atoms with Crippen molar-refractivity contribution in [3.05, 3.63) is 29.8 Å². The predicted octanol–water partition coefficient (Wildman–Crippen LogP) is 3.20. The summed E-state index contributed by atoms with van der Waals surface area (Å²) >= 11 is 0. The van der Waals surface area contributed by atoms with Crippen LogP contribution in [-0.4, -0.2) is 24.0 Å². The van der Waals surface area contributed by atoms with Crippen LogP contribution in [0.5, 0.6) is 5.75 Å². The average Bonchev–Trinajstić information content (AvgIpc) is 2.49. The lowest BCUT2D eigenvalue weighted by atomic mass is 10.2. The number of carbonyl (C=O) groups is 1. The van der Waals surface area contributed by atoms with Gasteiger partial charge in [0.25, 0.3) is 0 Å². The van der Waals surface area contributed by atoms with Crippen LogP contribution >= 0.6 is 0 Å². The van der Waals surface area contributed by atoms with Crippen LogP contribution in [0.15, 0.2) is 24.3 Å². The smallest absolute Gasteiger partial charge is 0.303 e. The van der Waals surface area contributed by atoms with Gasteiger partial charge in [-0.1, -0.05) is 11.8 Å². The largest absolute Gasteiger partial charge is 0.481 e. The van der Waals surface area contributed by atoms with Gasteiger partial charge in [0.2, 0.25) is 0 Å². The fourth-order valence-corrected chi connectivity index (χ4v) is 2.07. The van der Waals surface area contributed by atoms with E-state index in [1.54, 1.807) is 0 Å². The van der Waals surface area contributed by atoms with E-state index in [4.69, 9.17) is 14.6 Å². The molecule has 0 bridgehead atoms. The van der Waals surface area contributed by atoms with Crippen molar-refractivity contribution in [2.75, 3.05) is 6.61 Å². The van der Waals surface area contributed by atoms with Crippen molar-refractivity contribution >= 4 is 5.97 Å². The second kappa shape index (κ2) is 8.33. The van der Waals surface area contributed by atoms with E-state index in [0.29, 0.717) is 12.8 Å². The first-order valence-corrected chi connectivity index (χ1v) is 7.33. The van der Waals surface area contributed by atoms with E-state index in [9.17, 15) is 4.79 Å². The Bertz CT molecular complexity index is 504. The summed E-state index contributed by atoms with van der Waals surface area (Å²) in [7, 11) is 0. The van der Waals surface area contributed by atoms with Gasteiger partial charge in [-0.2, -0.15) is 0 Å². The molecule has 1 aromatic carbocycles. The molecule has 0 spiro atoms. The Morgan fingerprint density at radius 1 is 1.33 bits per heavy atom. The third-order valence-electron chi connectivity index (χ3n) is 3.18. The Kier molecular flexibility index (Phi) is 6.11. The van der Waals surface area contributed by atoms with Crippen LogP contribution in [0.1, 0.15) is 44.1 Å². The molecule has 1 saturated heterocycles. The highest BCUT2D eigenvalue weighted by molar-refractivity contribution is 5.66. The van der Waals surface area contributed by atoms with Crippen molar-refractivity contribution in [2.24, 2.45) is 0 Å². The molecule has 0 saturated carbocycles. The molecule has 1 aliphatic rings. The number of carboxylic acid groups (broad SMARTS) is 1. The number of ether oxygens (including phenoxy) is 2. The van der Waals surface area contributed by atoms with Crippen molar-refractivity contribution in [1.29, 1.82) is 0 Å². The molecule has 21 heavy (non-hydrogen) atoms. The Labute approximate surface area is 125 Å². The monoisotopic (exact) mass is 288 g/mol. The van der Waals surface area contributed by atoms with Gasteiger partial charge in [0, 0.05) is 24.8 Å². The van der Waals surface area contributed by atoms with E-state index in [2.05, 4.69) is 11.8 Å². The molecule has 1 unspecified atom stereocenters. The molecular formula is C17H20O4. The Morgan fingerprint density at radius 2 is 2.14 bits per heavy atom. The second-order valence-corrected chi connectivity index (χ2v) is 4.99. The molecule has 4 heteroatoms. The highest BCUT2D eigenvalue weighted by Gasteiger charge is 2.14. The van der Waals surface area contributed by atoms with Gasteiger partial charge in [-0.05, 0) is 43.5 Å². The van der Waals surface area contributed by atoms with Crippen molar-refractivity contribution in [3.8, 4) is 17.6 Å². The predicted molar refractivity (Wildman–Crippen MR) is 79.0 cm³/mol. The molecule has 2 rings (SSSR count). The zero-order valence-corrected chi connectivity index (χ0v) is 12.0. The van der Waals surface area contributed by atoms with E-state index in [-0.39, 0.29) is 12.7 Å². The van der Waals surface area contributed by atoms with Crippen LogP contribution < -0.4 is 4.74 Å². The highest BCUT2D eigenvalue weighted by Crippen LogP contribution is 2.19. The van der Waals surface area contributed by atoms with Crippen LogP contribution in [0, 0.1) is 11.8 Å². The van der Waals surface area contributed by atoms with Crippen LogP contribution in [0.2, 0.25) is 0 Å². The van der Waals surface area contributed by atoms with Crippen molar-refractivity contribution in [1.82, 2.24) is 0 Å². The Morgan fingerprint density at radius 3 is 2.81 bits per heavy atom. The fraction of sp³-hybridized carbons (Fsp3) is 0.471. The lowest BCUT2D eigenvalue weighted by molar-refractivity contribution is -0.137. The average molecular weight is 288 g/mol. The normalized spacial score (nSPS) is 17.6. The minimum atomic E-state index is -0.775. The first kappa shape index (κ1) is 15.4. The van der Waals surface area contributed by atoms with Gasteiger partial charge < -0.3 is 14.6 Å². The number of hydrogen-bond acceptors (Lipinski definition) is 3.